The third kappa shape index (κ3) is 4.01. The summed E-state index contributed by atoms with van der Waals surface area (Å²) < 4.78 is 5.67. The third-order valence-electron chi connectivity index (χ3n) is 3.05. The molecule has 112 valence electrons. The largest absolute Gasteiger partial charge is 0.490 e. The molecule has 20 heavy (non-hydrogen) atoms. The van der Waals surface area contributed by atoms with E-state index in [-0.39, 0.29) is 30.5 Å². The maximum absolute atomic E-state index is 12.5. The number of likely N-dealkylation sites (tertiary alicyclic amines) is 1. The smallest absolute Gasteiger partial charge is 0.257 e. The summed E-state index contributed by atoms with van der Waals surface area (Å²) in [5.41, 5.74) is 6.35. The van der Waals surface area contributed by atoms with Gasteiger partial charge in [-0.15, -0.1) is 12.4 Å². The van der Waals surface area contributed by atoms with Crippen LogP contribution in [0.25, 0.3) is 0 Å². The highest BCUT2D eigenvalue weighted by Gasteiger charge is 2.26. The first-order valence-electron chi connectivity index (χ1n) is 6.48. The predicted molar refractivity (Wildman–Crippen MR) is 83.0 cm³/mol. The lowest BCUT2D eigenvalue weighted by atomic mass is 10.1. The second kappa shape index (κ2) is 7.16. The minimum absolute atomic E-state index is 0. The van der Waals surface area contributed by atoms with Gasteiger partial charge >= 0.3 is 0 Å². The number of nitrogens with two attached hydrogens (primary N) is 1. The van der Waals surface area contributed by atoms with Gasteiger partial charge in [-0.25, -0.2) is 0 Å². The molecule has 1 aliphatic rings. The van der Waals surface area contributed by atoms with E-state index in [2.05, 4.69) is 0 Å². The van der Waals surface area contributed by atoms with E-state index in [1.807, 2.05) is 13.8 Å². The first-order valence-corrected chi connectivity index (χ1v) is 6.86. The van der Waals surface area contributed by atoms with Crippen LogP contribution in [-0.2, 0) is 0 Å². The average Bonchev–Trinajstić information content (AvgIpc) is 2.77. The Bertz CT molecular complexity index is 480. The zero-order valence-electron chi connectivity index (χ0n) is 11.6. The van der Waals surface area contributed by atoms with E-state index in [9.17, 15) is 4.79 Å². The number of hydrogen-bond donors (Lipinski definition) is 1. The number of ether oxygens (including phenoxy) is 1. The summed E-state index contributed by atoms with van der Waals surface area (Å²) in [5.74, 6) is 0.510. The van der Waals surface area contributed by atoms with Crippen molar-refractivity contribution in [1.29, 1.82) is 0 Å². The summed E-state index contributed by atoms with van der Waals surface area (Å²) in [6.45, 7) is 5.13. The standard InChI is InChI=1S/C14H19ClN2O2.ClH/c1-9(2)19-13-4-3-10(15)7-12(13)14(18)17-6-5-11(16)8-17;/h3-4,7,9,11H,5-6,8,16H2,1-2H3;1H. The lowest BCUT2D eigenvalue weighted by molar-refractivity contribution is 0.0784. The van der Waals surface area contributed by atoms with E-state index in [0.717, 1.165) is 6.42 Å². The van der Waals surface area contributed by atoms with Crippen LogP contribution in [0.15, 0.2) is 18.2 Å². The van der Waals surface area contributed by atoms with Gasteiger partial charge in [-0.1, -0.05) is 11.6 Å². The number of carbonyl (C=O) groups excluding carboxylic acids is 1. The van der Waals surface area contributed by atoms with Crippen molar-refractivity contribution in [2.75, 3.05) is 13.1 Å². The van der Waals surface area contributed by atoms with Crippen LogP contribution < -0.4 is 10.5 Å². The number of benzene rings is 1. The van der Waals surface area contributed by atoms with Gasteiger partial charge in [0.2, 0.25) is 0 Å². The number of amides is 1. The molecule has 2 N–H and O–H groups in total. The Labute approximate surface area is 130 Å². The molecule has 6 heteroatoms. The van der Waals surface area contributed by atoms with Gasteiger partial charge in [-0.2, -0.15) is 0 Å². The van der Waals surface area contributed by atoms with Crippen LogP contribution in [0.4, 0.5) is 0 Å². The second-order valence-electron chi connectivity index (χ2n) is 5.11. The quantitative estimate of drug-likeness (QED) is 0.932. The van der Waals surface area contributed by atoms with Crippen molar-refractivity contribution < 1.29 is 9.53 Å². The fourth-order valence-electron chi connectivity index (χ4n) is 2.17. The highest BCUT2D eigenvalue weighted by atomic mass is 35.5. The molecule has 1 atom stereocenters. The fraction of sp³-hybridized carbons (Fsp3) is 0.500. The summed E-state index contributed by atoms with van der Waals surface area (Å²) in [7, 11) is 0. The summed E-state index contributed by atoms with van der Waals surface area (Å²) in [4.78, 5) is 14.2. The van der Waals surface area contributed by atoms with Gasteiger partial charge in [-0.3, -0.25) is 4.79 Å². The number of halogens is 2. The van der Waals surface area contributed by atoms with Gasteiger partial charge in [-0.05, 0) is 38.5 Å². The molecule has 4 nitrogen and oxygen atoms in total. The molecule has 0 spiro atoms. The molecular formula is C14H20Cl2N2O2. The van der Waals surface area contributed by atoms with Crippen molar-refractivity contribution in [1.82, 2.24) is 4.90 Å². The number of rotatable bonds is 3. The fourth-order valence-corrected chi connectivity index (χ4v) is 2.34. The lowest BCUT2D eigenvalue weighted by Crippen LogP contribution is -2.32. The highest BCUT2D eigenvalue weighted by Crippen LogP contribution is 2.26. The van der Waals surface area contributed by atoms with Gasteiger partial charge < -0.3 is 15.4 Å². The molecule has 0 radical (unpaired) electrons. The Kier molecular flexibility index (Phi) is 6.11. The molecule has 1 heterocycles. The van der Waals surface area contributed by atoms with Crippen LogP contribution in [-0.4, -0.2) is 36.0 Å². The van der Waals surface area contributed by atoms with E-state index in [1.165, 1.54) is 0 Å². The molecule has 0 saturated carbocycles. The summed E-state index contributed by atoms with van der Waals surface area (Å²) in [6, 6.07) is 5.19. The molecule has 1 amide bonds. The van der Waals surface area contributed by atoms with Gasteiger partial charge in [0.25, 0.3) is 5.91 Å². The number of hydrogen-bond acceptors (Lipinski definition) is 3. The number of carbonyl (C=O) groups is 1. The van der Waals surface area contributed by atoms with Crippen molar-refractivity contribution >= 4 is 29.9 Å². The Balaban J connectivity index is 0.00000200. The zero-order valence-corrected chi connectivity index (χ0v) is 13.2. The first-order chi connectivity index (χ1) is 8.97. The van der Waals surface area contributed by atoms with Crippen LogP contribution in [0, 0.1) is 0 Å². The topological polar surface area (TPSA) is 55.6 Å². The number of nitrogens with zero attached hydrogens (tertiary/aromatic N) is 1. The van der Waals surface area contributed by atoms with Crippen LogP contribution in [0.3, 0.4) is 0 Å². The van der Waals surface area contributed by atoms with E-state index in [1.54, 1.807) is 23.1 Å². The summed E-state index contributed by atoms with van der Waals surface area (Å²) in [5, 5.41) is 0.531. The maximum atomic E-state index is 12.5. The highest BCUT2D eigenvalue weighted by molar-refractivity contribution is 6.31. The minimum atomic E-state index is -0.0638. The predicted octanol–water partition coefficient (Wildman–Crippen LogP) is 2.72. The zero-order chi connectivity index (χ0) is 14.0. The summed E-state index contributed by atoms with van der Waals surface area (Å²) >= 11 is 5.98. The average molecular weight is 319 g/mol. The van der Waals surface area contributed by atoms with E-state index in [4.69, 9.17) is 22.1 Å². The molecule has 1 saturated heterocycles. The molecule has 2 rings (SSSR count). The second-order valence-corrected chi connectivity index (χ2v) is 5.54. The van der Waals surface area contributed by atoms with E-state index >= 15 is 0 Å². The molecule has 1 fully saturated rings. The van der Waals surface area contributed by atoms with Crippen LogP contribution in [0.1, 0.15) is 30.6 Å². The SMILES string of the molecule is CC(C)Oc1ccc(Cl)cc1C(=O)N1CCC(N)C1.Cl. The van der Waals surface area contributed by atoms with Crippen LogP contribution >= 0.6 is 24.0 Å². The van der Waals surface area contributed by atoms with Crippen molar-refractivity contribution in [3.05, 3.63) is 28.8 Å². The van der Waals surface area contributed by atoms with E-state index in [0.29, 0.717) is 29.4 Å². The maximum Gasteiger partial charge on any atom is 0.257 e. The van der Waals surface area contributed by atoms with Crippen molar-refractivity contribution in [2.45, 2.75) is 32.4 Å². The molecule has 1 unspecified atom stereocenters. The Morgan fingerprint density at radius 1 is 1.50 bits per heavy atom. The molecule has 0 aliphatic carbocycles. The Morgan fingerprint density at radius 2 is 2.20 bits per heavy atom. The molecule has 1 aromatic carbocycles. The van der Waals surface area contributed by atoms with Crippen molar-refractivity contribution in [3.63, 3.8) is 0 Å². The Hall–Kier alpha value is -0.970. The van der Waals surface area contributed by atoms with Crippen molar-refractivity contribution in [3.8, 4) is 5.75 Å². The minimum Gasteiger partial charge on any atom is -0.490 e. The van der Waals surface area contributed by atoms with E-state index < -0.39 is 0 Å². The Morgan fingerprint density at radius 3 is 2.75 bits per heavy atom. The van der Waals surface area contributed by atoms with Gasteiger partial charge in [0.1, 0.15) is 5.75 Å². The van der Waals surface area contributed by atoms with Crippen molar-refractivity contribution in [2.24, 2.45) is 5.73 Å². The van der Waals surface area contributed by atoms with Gasteiger partial charge in [0, 0.05) is 24.2 Å². The molecule has 0 aromatic heterocycles. The molecular weight excluding hydrogens is 299 g/mol. The monoisotopic (exact) mass is 318 g/mol. The lowest BCUT2D eigenvalue weighted by Gasteiger charge is -2.19. The first kappa shape index (κ1) is 17.1. The third-order valence-corrected chi connectivity index (χ3v) is 3.28. The molecule has 1 aliphatic heterocycles. The molecule has 1 aromatic rings. The summed E-state index contributed by atoms with van der Waals surface area (Å²) in [6.07, 6.45) is 0.848. The van der Waals surface area contributed by atoms with Gasteiger partial charge in [0.05, 0.1) is 11.7 Å². The van der Waals surface area contributed by atoms with Crippen LogP contribution in [0.5, 0.6) is 5.75 Å². The molecule has 0 bridgehead atoms. The normalized spacial score (nSPS) is 18.1. The van der Waals surface area contributed by atoms with Gasteiger partial charge in [0.15, 0.2) is 0 Å². The van der Waals surface area contributed by atoms with Crippen LogP contribution in [0.2, 0.25) is 5.02 Å².